The maximum atomic E-state index is 13.2. The zero-order valence-corrected chi connectivity index (χ0v) is 11.5. The molecule has 4 rings (SSSR count). The van der Waals surface area contributed by atoms with Crippen LogP contribution in [-0.4, -0.2) is 6.04 Å². The van der Waals surface area contributed by atoms with Crippen LogP contribution in [0.5, 0.6) is 0 Å². The topological polar surface area (TPSA) is 12.0 Å². The number of rotatable bonds is 3. The fourth-order valence-corrected chi connectivity index (χ4v) is 4.73. The van der Waals surface area contributed by atoms with E-state index in [1.807, 2.05) is 0 Å². The zero-order valence-electron chi connectivity index (χ0n) is 11.5. The lowest BCUT2D eigenvalue weighted by Gasteiger charge is -2.13. The van der Waals surface area contributed by atoms with E-state index in [9.17, 15) is 17.6 Å². The Morgan fingerprint density at radius 3 is 2.38 bits per heavy atom. The van der Waals surface area contributed by atoms with Gasteiger partial charge in [0.1, 0.15) is 5.82 Å². The molecule has 0 heterocycles. The predicted molar refractivity (Wildman–Crippen MR) is 69.8 cm³/mol. The van der Waals surface area contributed by atoms with Gasteiger partial charge in [-0.3, -0.25) is 0 Å². The minimum absolute atomic E-state index is 0.389. The minimum Gasteiger partial charge on any atom is -0.309 e. The fraction of sp³-hybridized carbons (Fsp3) is 0.625. The molecule has 1 nitrogen and oxygen atoms in total. The van der Waals surface area contributed by atoms with Gasteiger partial charge in [-0.05, 0) is 60.6 Å². The van der Waals surface area contributed by atoms with Gasteiger partial charge in [0, 0.05) is 12.6 Å². The summed E-state index contributed by atoms with van der Waals surface area (Å²) in [5, 5.41) is 3.38. The molecule has 2 bridgehead atoms. The van der Waals surface area contributed by atoms with Gasteiger partial charge >= 0.3 is 6.18 Å². The molecule has 1 N–H and O–H groups in total. The van der Waals surface area contributed by atoms with E-state index in [4.69, 9.17) is 0 Å². The number of benzene rings is 1. The SMILES string of the molecule is Fc1ccc(CNC2C3C4CCC(C4)C23)cc1C(F)(F)F. The molecule has 3 saturated carbocycles. The van der Waals surface area contributed by atoms with Crippen molar-refractivity contribution in [3.05, 3.63) is 35.1 Å². The van der Waals surface area contributed by atoms with Crippen LogP contribution >= 0.6 is 0 Å². The Hall–Kier alpha value is -1.10. The monoisotopic (exact) mass is 299 g/mol. The van der Waals surface area contributed by atoms with E-state index >= 15 is 0 Å². The highest BCUT2D eigenvalue weighted by Gasteiger charge is 2.64. The molecule has 3 aliphatic carbocycles. The molecule has 4 unspecified atom stereocenters. The van der Waals surface area contributed by atoms with Crippen LogP contribution < -0.4 is 5.32 Å². The molecular formula is C16H17F4N. The summed E-state index contributed by atoms with van der Waals surface area (Å²) in [6, 6.07) is 3.74. The third-order valence-electron chi connectivity index (χ3n) is 5.61. The lowest BCUT2D eigenvalue weighted by molar-refractivity contribution is -0.140. The predicted octanol–water partition coefficient (Wildman–Crippen LogP) is 3.98. The molecule has 0 spiro atoms. The highest BCUT2D eigenvalue weighted by molar-refractivity contribution is 5.28. The van der Waals surface area contributed by atoms with Gasteiger partial charge in [-0.25, -0.2) is 4.39 Å². The highest BCUT2D eigenvalue weighted by Crippen LogP contribution is 2.65. The average Bonchev–Trinajstić information content (AvgIpc) is 2.80. The number of alkyl halides is 3. The highest BCUT2D eigenvalue weighted by atomic mass is 19.4. The first kappa shape index (κ1) is 13.6. The molecule has 0 saturated heterocycles. The summed E-state index contributed by atoms with van der Waals surface area (Å²) < 4.78 is 51.3. The van der Waals surface area contributed by atoms with Gasteiger partial charge in [0.05, 0.1) is 5.56 Å². The number of hydrogen-bond acceptors (Lipinski definition) is 1. The van der Waals surface area contributed by atoms with Crippen LogP contribution in [0, 0.1) is 29.5 Å². The zero-order chi connectivity index (χ0) is 14.8. The smallest absolute Gasteiger partial charge is 0.309 e. The van der Waals surface area contributed by atoms with Crippen LogP contribution in [0.3, 0.4) is 0 Å². The van der Waals surface area contributed by atoms with E-state index < -0.39 is 17.6 Å². The molecule has 3 aliphatic rings. The first-order valence-electron chi connectivity index (χ1n) is 7.54. The Kier molecular flexibility index (Phi) is 2.87. The molecule has 5 heteroatoms. The van der Waals surface area contributed by atoms with Crippen molar-refractivity contribution in [2.75, 3.05) is 0 Å². The van der Waals surface area contributed by atoms with Crippen LogP contribution in [0.1, 0.15) is 30.4 Å². The van der Waals surface area contributed by atoms with Crippen molar-refractivity contribution in [3.8, 4) is 0 Å². The maximum Gasteiger partial charge on any atom is 0.419 e. The Balaban J connectivity index is 1.42. The molecule has 1 aromatic rings. The minimum atomic E-state index is -4.63. The standard InChI is InChI=1S/C16H17F4N/c17-12-4-1-8(5-11(12)16(18,19)20)7-21-15-13-9-2-3-10(6-9)14(13)15/h1,4-5,9-10,13-15,21H,2-3,6-7H2. The molecule has 0 aliphatic heterocycles. The fourth-order valence-electron chi connectivity index (χ4n) is 4.73. The maximum absolute atomic E-state index is 13.2. The molecule has 114 valence electrons. The second-order valence-electron chi connectivity index (χ2n) is 6.71. The quantitative estimate of drug-likeness (QED) is 0.833. The number of nitrogens with one attached hydrogen (secondary N) is 1. The van der Waals surface area contributed by atoms with Crippen molar-refractivity contribution in [1.82, 2.24) is 5.32 Å². The lowest BCUT2D eigenvalue weighted by atomic mass is 10.0. The van der Waals surface area contributed by atoms with Crippen molar-refractivity contribution in [2.24, 2.45) is 23.7 Å². The Morgan fingerprint density at radius 1 is 1.10 bits per heavy atom. The van der Waals surface area contributed by atoms with Gasteiger partial charge in [0.25, 0.3) is 0 Å². The van der Waals surface area contributed by atoms with Gasteiger partial charge in [0.15, 0.2) is 0 Å². The molecule has 3 fully saturated rings. The van der Waals surface area contributed by atoms with Gasteiger partial charge < -0.3 is 5.32 Å². The lowest BCUT2D eigenvalue weighted by Crippen LogP contribution is -2.22. The molecule has 0 radical (unpaired) electrons. The van der Waals surface area contributed by atoms with Crippen LogP contribution in [0.15, 0.2) is 18.2 Å². The van der Waals surface area contributed by atoms with E-state index in [0.717, 1.165) is 35.8 Å². The van der Waals surface area contributed by atoms with E-state index in [-0.39, 0.29) is 0 Å². The summed E-state index contributed by atoms with van der Waals surface area (Å²) in [6.07, 6.45) is -0.644. The van der Waals surface area contributed by atoms with Crippen molar-refractivity contribution in [1.29, 1.82) is 0 Å². The van der Waals surface area contributed by atoms with Crippen LogP contribution in [0.2, 0.25) is 0 Å². The van der Waals surface area contributed by atoms with Crippen molar-refractivity contribution >= 4 is 0 Å². The Labute approximate surface area is 120 Å². The molecule has 21 heavy (non-hydrogen) atoms. The number of halogens is 4. The van der Waals surface area contributed by atoms with E-state index in [1.54, 1.807) is 0 Å². The van der Waals surface area contributed by atoms with Gasteiger partial charge in [-0.15, -0.1) is 0 Å². The number of hydrogen-bond donors (Lipinski definition) is 1. The first-order valence-corrected chi connectivity index (χ1v) is 7.54. The van der Waals surface area contributed by atoms with E-state index in [2.05, 4.69) is 5.32 Å². The molecule has 0 amide bonds. The normalized spacial score (nSPS) is 36.9. The second kappa shape index (κ2) is 4.45. The molecular weight excluding hydrogens is 282 g/mol. The van der Waals surface area contributed by atoms with Gasteiger partial charge in [0.2, 0.25) is 0 Å². The third-order valence-corrected chi connectivity index (χ3v) is 5.61. The number of fused-ring (bicyclic) bond motifs is 5. The summed E-state index contributed by atoms with van der Waals surface area (Å²) >= 11 is 0. The van der Waals surface area contributed by atoms with Crippen molar-refractivity contribution < 1.29 is 17.6 Å². The van der Waals surface area contributed by atoms with Gasteiger partial charge in [-0.1, -0.05) is 6.07 Å². The van der Waals surface area contributed by atoms with Crippen LogP contribution in [-0.2, 0) is 12.7 Å². The largest absolute Gasteiger partial charge is 0.419 e. The van der Waals surface area contributed by atoms with E-state index in [0.29, 0.717) is 18.2 Å². The summed E-state index contributed by atoms with van der Waals surface area (Å²) in [7, 11) is 0. The average molecular weight is 299 g/mol. The van der Waals surface area contributed by atoms with Crippen LogP contribution in [0.4, 0.5) is 17.6 Å². The Morgan fingerprint density at radius 2 is 1.76 bits per heavy atom. The summed E-state index contributed by atoms with van der Waals surface area (Å²) in [5.41, 5.74) is -0.668. The first-order chi connectivity index (χ1) is 9.95. The van der Waals surface area contributed by atoms with Crippen molar-refractivity contribution in [3.63, 3.8) is 0 Å². The Bertz CT molecular complexity index is 552. The third kappa shape index (κ3) is 2.17. The van der Waals surface area contributed by atoms with E-state index in [1.165, 1.54) is 25.3 Å². The summed E-state index contributed by atoms with van der Waals surface area (Å²) in [6.45, 7) is 0.389. The molecule has 1 aromatic carbocycles. The van der Waals surface area contributed by atoms with Crippen molar-refractivity contribution in [2.45, 2.75) is 38.0 Å². The summed E-state index contributed by atoms with van der Waals surface area (Å²) in [5.74, 6) is 1.94. The second-order valence-corrected chi connectivity index (χ2v) is 6.71. The van der Waals surface area contributed by atoms with Crippen LogP contribution in [0.25, 0.3) is 0 Å². The van der Waals surface area contributed by atoms with Gasteiger partial charge in [-0.2, -0.15) is 13.2 Å². The molecule has 0 aromatic heterocycles. The molecule has 4 atom stereocenters. The summed E-state index contributed by atoms with van der Waals surface area (Å²) in [4.78, 5) is 0.